The fourth-order valence-electron chi connectivity index (χ4n) is 0.711. The van der Waals surface area contributed by atoms with E-state index in [9.17, 15) is 9.59 Å². The molecule has 0 aromatic rings. The van der Waals surface area contributed by atoms with Crippen molar-refractivity contribution in [3.8, 4) is 0 Å². The first-order chi connectivity index (χ1) is 6.37. The van der Waals surface area contributed by atoms with E-state index < -0.39 is 17.9 Å². The molecule has 80 valence electrons. The molecule has 0 saturated heterocycles. The van der Waals surface area contributed by atoms with Gasteiger partial charge < -0.3 is 20.1 Å². The number of carbonyl (C=O) groups is 2. The molecule has 0 aliphatic rings. The van der Waals surface area contributed by atoms with Crippen molar-refractivity contribution in [2.45, 2.75) is 25.7 Å². The van der Waals surface area contributed by atoms with Crippen molar-refractivity contribution in [1.29, 1.82) is 0 Å². The van der Waals surface area contributed by atoms with Crippen molar-refractivity contribution in [2.75, 3.05) is 0 Å². The molecule has 0 fully saturated rings. The highest BCUT2D eigenvalue weighted by molar-refractivity contribution is 5.90. The van der Waals surface area contributed by atoms with Gasteiger partial charge in [0.2, 0.25) is 0 Å². The minimum absolute atomic E-state index is 0.139. The molecule has 6 nitrogen and oxygen atoms in total. The summed E-state index contributed by atoms with van der Waals surface area (Å²) in [4.78, 5) is 20.7. The molecule has 0 unspecified atom stereocenters. The van der Waals surface area contributed by atoms with Gasteiger partial charge >= 0.3 is 17.9 Å². The van der Waals surface area contributed by atoms with Crippen molar-refractivity contribution in [3.05, 3.63) is 12.2 Å². The van der Waals surface area contributed by atoms with Gasteiger partial charge in [0, 0.05) is 18.6 Å². The van der Waals surface area contributed by atoms with Gasteiger partial charge in [0.25, 0.3) is 0 Å². The average molecular weight is 204 g/mol. The zero-order valence-corrected chi connectivity index (χ0v) is 7.64. The molecule has 0 amide bonds. The van der Waals surface area contributed by atoms with Gasteiger partial charge in [0.05, 0.1) is 0 Å². The third-order valence-electron chi connectivity index (χ3n) is 1.20. The number of carboxylic acid groups (broad SMARTS) is 1. The summed E-state index contributed by atoms with van der Waals surface area (Å²) in [6.07, 6.45) is 1.41. The lowest BCUT2D eigenvalue weighted by Gasteiger charge is -2.19. The average Bonchev–Trinajstić information content (AvgIpc) is 1.99. The van der Waals surface area contributed by atoms with Gasteiger partial charge in [0.1, 0.15) is 0 Å². The fraction of sp³-hybridized carbons (Fsp3) is 0.500. The topological polar surface area (TPSA) is 104 Å². The van der Waals surface area contributed by atoms with Gasteiger partial charge in [-0.1, -0.05) is 6.92 Å². The second-order valence-electron chi connectivity index (χ2n) is 2.59. The molecule has 0 rings (SSSR count). The Morgan fingerprint density at radius 2 is 1.93 bits per heavy atom. The summed E-state index contributed by atoms with van der Waals surface area (Å²) in [5, 5.41) is 26.1. The molecule has 0 atom stereocenters. The van der Waals surface area contributed by atoms with E-state index in [2.05, 4.69) is 4.74 Å². The van der Waals surface area contributed by atoms with Crippen LogP contribution in [0, 0.1) is 0 Å². The Bertz CT molecular complexity index is 242. The smallest absolute Gasteiger partial charge is 0.335 e. The van der Waals surface area contributed by atoms with E-state index in [1.165, 1.54) is 0 Å². The van der Waals surface area contributed by atoms with Crippen LogP contribution in [0.4, 0.5) is 0 Å². The molecule has 3 N–H and O–H groups in total. The van der Waals surface area contributed by atoms with Crippen molar-refractivity contribution in [1.82, 2.24) is 0 Å². The summed E-state index contributed by atoms with van der Waals surface area (Å²) in [6.45, 7) is 1.67. The molecule has 0 radical (unpaired) electrons. The third kappa shape index (κ3) is 6.15. The lowest BCUT2D eigenvalue weighted by atomic mass is 10.3. The second-order valence-corrected chi connectivity index (χ2v) is 2.59. The lowest BCUT2D eigenvalue weighted by molar-refractivity contribution is -0.319. The van der Waals surface area contributed by atoms with Crippen molar-refractivity contribution in [3.63, 3.8) is 0 Å². The molecule has 14 heavy (non-hydrogen) atoms. The zero-order valence-electron chi connectivity index (χ0n) is 7.64. The van der Waals surface area contributed by atoms with E-state index in [4.69, 9.17) is 15.3 Å². The Labute approximate surface area is 80.4 Å². The molecule has 0 aliphatic heterocycles. The second kappa shape index (κ2) is 5.36. The van der Waals surface area contributed by atoms with Crippen LogP contribution in [-0.4, -0.2) is 33.2 Å². The van der Waals surface area contributed by atoms with Gasteiger partial charge in [-0.15, -0.1) is 0 Å². The summed E-state index contributed by atoms with van der Waals surface area (Å²) < 4.78 is 4.15. The van der Waals surface area contributed by atoms with Crippen molar-refractivity contribution < 1.29 is 29.6 Å². The fourth-order valence-corrected chi connectivity index (χ4v) is 0.711. The van der Waals surface area contributed by atoms with Gasteiger partial charge in [0.15, 0.2) is 0 Å². The van der Waals surface area contributed by atoms with E-state index in [-0.39, 0.29) is 6.42 Å². The summed E-state index contributed by atoms with van der Waals surface area (Å²) in [5.41, 5.74) is 0. The zero-order chi connectivity index (χ0) is 11.2. The molecule has 0 aromatic carbocycles. The van der Waals surface area contributed by atoms with Crippen LogP contribution < -0.4 is 0 Å². The van der Waals surface area contributed by atoms with E-state index in [1.807, 2.05) is 0 Å². The molecule has 0 aliphatic carbocycles. The Morgan fingerprint density at radius 1 is 1.36 bits per heavy atom. The number of aliphatic carboxylic acids is 1. The first-order valence-electron chi connectivity index (χ1n) is 3.96. The van der Waals surface area contributed by atoms with Crippen molar-refractivity contribution in [2.24, 2.45) is 0 Å². The van der Waals surface area contributed by atoms with Crippen LogP contribution in [-0.2, 0) is 14.3 Å². The van der Waals surface area contributed by atoms with Crippen molar-refractivity contribution >= 4 is 11.9 Å². The van der Waals surface area contributed by atoms with Gasteiger partial charge in [-0.05, 0) is 6.42 Å². The summed E-state index contributed by atoms with van der Waals surface area (Å²) >= 11 is 0. The quantitative estimate of drug-likeness (QED) is 0.320. The van der Waals surface area contributed by atoms with Crippen LogP contribution in [0.15, 0.2) is 12.2 Å². The number of hydrogen-bond acceptors (Lipinski definition) is 5. The normalized spacial score (nSPS) is 11.6. The van der Waals surface area contributed by atoms with Crippen LogP contribution in [0.1, 0.15) is 19.8 Å². The maximum Gasteiger partial charge on any atom is 0.335 e. The SMILES string of the molecule is CCCC(O)(O)OC(=O)C=CC(=O)O. The maximum atomic E-state index is 10.7. The Kier molecular flexibility index (Phi) is 4.82. The Hall–Kier alpha value is -1.40. The summed E-state index contributed by atoms with van der Waals surface area (Å²) in [5.74, 6) is -4.97. The highest BCUT2D eigenvalue weighted by atomic mass is 16.8. The van der Waals surface area contributed by atoms with Crippen LogP contribution in [0.2, 0.25) is 0 Å². The molecule has 6 heteroatoms. The highest BCUT2D eigenvalue weighted by Crippen LogP contribution is 2.10. The lowest BCUT2D eigenvalue weighted by Crippen LogP contribution is -2.33. The van der Waals surface area contributed by atoms with Gasteiger partial charge in [-0.2, -0.15) is 0 Å². The van der Waals surface area contributed by atoms with E-state index in [1.54, 1.807) is 6.92 Å². The minimum atomic E-state index is -2.53. The van der Waals surface area contributed by atoms with Crippen LogP contribution in [0.5, 0.6) is 0 Å². The monoisotopic (exact) mass is 204 g/mol. The number of hydrogen-bond donors (Lipinski definition) is 3. The molecular formula is C8H12O6. The number of aliphatic hydroxyl groups is 2. The van der Waals surface area contributed by atoms with Gasteiger partial charge in [-0.3, -0.25) is 0 Å². The van der Waals surface area contributed by atoms with E-state index in [0.29, 0.717) is 18.6 Å². The number of carbonyl (C=O) groups excluding carboxylic acids is 1. The molecule has 0 aromatic heterocycles. The highest BCUT2D eigenvalue weighted by Gasteiger charge is 2.25. The Morgan fingerprint density at radius 3 is 2.36 bits per heavy atom. The maximum absolute atomic E-state index is 10.7. The first-order valence-corrected chi connectivity index (χ1v) is 3.96. The minimum Gasteiger partial charge on any atom is -0.478 e. The molecule has 0 bridgehead atoms. The third-order valence-corrected chi connectivity index (χ3v) is 1.20. The summed E-state index contributed by atoms with van der Waals surface area (Å²) in [6, 6.07) is 0. The van der Waals surface area contributed by atoms with E-state index in [0.717, 1.165) is 0 Å². The number of rotatable bonds is 5. The molecule has 0 saturated carbocycles. The predicted octanol–water partition coefficient (Wildman–Crippen LogP) is -0.391. The molecular weight excluding hydrogens is 192 g/mol. The van der Waals surface area contributed by atoms with Crippen LogP contribution >= 0.6 is 0 Å². The Balaban J connectivity index is 4.11. The van der Waals surface area contributed by atoms with Gasteiger partial charge in [-0.25, -0.2) is 9.59 Å². The molecule has 0 heterocycles. The predicted molar refractivity (Wildman–Crippen MR) is 44.9 cm³/mol. The standard InChI is InChI=1S/C8H12O6/c1-2-5-8(12,13)14-7(11)4-3-6(9)10/h3-4,12-13H,2,5H2,1H3,(H,9,10). The van der Waals surface area contributed by atoms with Crippen LogP contribution in [0.3, 0.4) is 0 Å². The number of ether oxygens (including phenoxy) is 1. The number of carboxylic acids is 1. The molecule has 0 spiro atoms. The largest absolute Gasteiger partial charge is 0.478 e. The first kappa shape index (κ1) is 12.6. The van der Waals surface area contributed by atoms with Crippen LogP contribution in [0.25, 0.3) is 0 Å². The van der Waals surface area contributed by atoms with E-state index >= 15 is 0 Å². The number of esters is 1. The summed E-state index contributed by atoms with van der Waals surface area (Å²) in [7, 11) is 0.